The summed E-state index contributed by atoms with van der Waals surface area (Å²) in [6.45, 7) is 4.33. The van der Waals surface area contributed by atoms with Gasteiger partial charge in [-0.1, -0.05) is 12.1 Å². The average Bonchev–Trinajstić information content (AvgIpc) is 2.67. The maximum absolute atomic E-state index is 12.0. The fourth-order valence-electron chi connectivity index (χ4n) is 3.16. The zero-order chi connectivity index (χ0) is 18.4. The molecule has 1 aromatic carbocycles. The highest BCUT2D eigenvalue weighted by atomic mass is 16.2. The van der Waals surface area contributed by atoms with Crippen molar-refractivity contribution in [1.29, 1.82) is 0 Å². The van der Waals surface area contributed by atoms with Gasteiger partial charge in [0.1, 0.15) is 0 Å². The number of nitrogens with zero attached hydrogens (tertiary/aromatic N) is 2. The molecule has 2 amide bonds. The Hall–Kier alpha value is -2.89. The molecule has 6 heteroatoms. The number of carbonyl (C=O) groups excluding carboxylic acids is 2. The molecule has 1 saturated heterocycles. The van der Waals surface area contributed by atoms with Gasteiger partial charge in [0, 0.05) is 31.5 Å². The Morgan fingerprint density at radius 1 is 1.15 bits per heavy atom. The van der Waals surface area contributed by atoms with Crippen molar-refractivity contribution in [3.05, 3.63) is 54.4 Å². The minimum Gasteiger partial charge on any atom is -0.370 e. The van der Waals surface area contributed by atoms with Gasteiger partial charge in [0.25, 0.3) is 0 Å². The van der Waals surface area contributed by atoms with E-state index in [2.05, 4.69) is 26.6 Å². The van der Waals surface area contributed by atoms with E-state index >= 15 is 0 Å². The molecule has 2 heterocycles. The molecule has 1 aliphatic heterocycles. The number of piperidine rings is 1. The van der Waals surface area contributed by atoms with Crippen molar-refractivity contribution in [2.45, 2.75) is 19.8 Å². The second-order valence-corrected chi connectivity index (χ2v) is 6.68. The normalized spacial score (nSPS) is 14.7. The number of aryl methyl sites for hydroxylation is 1. The van der Waals surface area contributed by atoms with Crippen molar-refractivity contribution in [3.8, 4) is 0 Å². The van der Waals surface area contributed by atoms with Crippen LogP contribution in [0.3, 0.4) is 0 Å². The molecule has 0 aliphatic carbocycles. The molecule has 0 unspecified atom stereocenters. The maximum Gasteiger partial charge on any atom is 0.313 e. The summed E-state index contributed by atoms with van der Waals surface area (Å²) in [5.41, 5.74) is 2.80. The van der Waals surface area contributed by atoms with Crippen LogP contribution in [0.4, 0.5) is 11.4 Å². The van der Waals surface area contributed by atoms with Crippen LogP contribution in [-0.2, 0) is 9.59 Å². The van der Waals surface area contributed by atoms with E-state index in [1.165, 1.54) is 0 Å². The lowest BCUT2D eigenvalue weighted by molar-refractivity contribution is -0.136. The molecule has 1 aliphatic rings. The van der Waals surface area contributed by atoms with Gasteiger partial charge in [0.2, 0.25) is 0 Å². The van der Waals surface area contributed by atoms with E-state index in [0.29, 0.717) is 18.2 Å². The first-order chi connectivity index (χ1) is 12.6. The van der Waals surface area contributed by atoms with Crippen molar-refractivity contribution in [2.75, 3.05) is 29.9 Å². The van der Waals surface area contributed by atoms with Gasteiger partial charge >= 0.3 is 11.8 Å². The van der Waals surface area contributed by atoms with Crippen molar-refractivity contribution in [1.82, 2.24) is 10.3 Å². The molecule has 6 nitrogen and oxygen atoms in total. The van der Waals surface area contributed by atoms with Crippen molar-refractivity contribution < 1.29 is 9.59 Å². The van der Waals surface area contributed by atoms with Crippen LogP contribution in [0.1, 0.15) is 18.4 Å². The third kappa shape index (κ3) is 4.81. The summed E-state index contributed by atoms with van der Waals surface area (Å²) in [6, 6.07) is 11.4. The number of rotatable bonds is 4. The van der Waals surface area contributed by atoms with E-state index in [0.717, 1.165) is 37.2 Å². The Morgan fingerprint density at radius 2 is 1.96 bits per heavy atom. The van der Waals surface area contributed by atoms with Crippen LogP contribution in [0.5, 0.6) is 0 Å². The third-order valence-electron chi connectivity index (χ3n) is 4.66. The van der Waals surface area contributed by atoms with Gasteiger partial charge in [-0.05, 0) is 55.5 Å². The van der Waals surface area contributed by atoms with Gasteiger partial charge in [-0.2, -0.15) is 0 Å². The molecule has 136 valence electrons. The fraction of sp³-hybridized carbons (Fsp3) is 0.350. The summed E-state index contributed by atoms with van der Waals surface area (Å²) >= 11 is 0. The zero-order valence-electron chi connectivity index (χ0n) is 14.9. The van der Waals surface area contributed by atoms with E-state index in [1.54, 1.807) is 12.3 Å². The largest absolute Gasteiger partial charge is 0.370 e. The number of aromatic nitrogens is 1. The molecule has 0 spiro atoms. The number of anilines is 2. The number of hydrogen-bond acceptors (Lipinski definition) is 4. The van der Waals surface area contributed by atoms with E-state index in [9.17, 15) is 9.59 Å². The average molecular weight is 352 g/mol. The van der Waals surface area contributed by atoms with Crippen LogP contribution >= 0.6 is 0 Å². The van der Waals surface area contributed by atoms with Crippen LogP contribution in [0.25, 0.3) is 0 Å². The van der Waals surface area contributed by atoms with Crippen LogP contribution in [0.2, 0.25) is 0 Å². The summed E-state index contributed by atoms with van der Waals surface area (Å²) in [6.07, 6.45) is 5.61. The minimum absolute atomic E-state index is 0.388. The molecule has 0 atom stereocenters. The quantitative estimate of drug-likeness (QED) is 0.829. The van der Waals surface area contributed by atoms with Crippen LogP contribution < -0.4 is 15.5 Å². The molecule has 0 saturated carbocycles. The van der Waals surface area contributed by atoms with E-state index in [-0.39, 0.29) is 0 Å². The molecule has 1 aromatic heterocycles. The van der Waals surface area contributed by atoms with Crippen LogP contribution in [0.15, 0.2) is 48.8 Å². The summed E-state index contributed by atoms with van der Waals surface area (Å²) in [7, 11) is 0. The van der Waals surface area contributed by atoms with Gasteiger partial charge in [-0.15, -0.1) is 0 Å². The lowest BCUT2D eigenvalue weighted by atomic mass is 9.96. The number of pyridine rings is 1. The molecule has 1 fully saturated rings. The molecular formula is C20H24N4O2. The molecule has 0 radical (unpaired) electrons. The van der Waals surface area contributed by atoms with Crippen molar-refractivity contribution >= 4 is 23.2 Å². The minimum atomic E-state index is -0.622. The highest BCUT2D eigenvalue weighted by Crippen LogP contribution is 2.21. The van der Waals surface area contributed by atoms with E-state index in [4.69, 9.17) is 0 Å². The first-order valence-corrected chi connectivity index (χ1v) is 8.92. The summed E-state index contributed by atoms with van der Waals surface area (Å²) in [4.78, 5) is 30.5. The van der Waals surface area contributed by atoms with Crippen LogP contribution in [0, 0.1) is 12.8 Å². The van der Waals surface area contributed by atoms with Crippen molar-refractivity contribution in [3.63, 3.8) is 0 Å². The Balaban J connectivity index is 1.42. The smallest absolute Gasteiger partial charge is 0.313 e. The monoisotopic (exact) mass is 352 g/mol. The van der Waals surface area contributed by atoms with Gasteiger partial charge in [-0.25, -0.2) is 0 Å². The topological polar surface area (TPSA) is 74.3 Å². The van der Waals surface area contributed by atoms with E-state index in [1.807, 2.05) is 37.4 Å². The van der Waals surface area contributed by atoms with E-state index < -0.39 is 11.8 Å². The summed E-state index contributed by atoms with van der Waals surface area (Å²) in [5, 5.41) is 5.39. The standard InChI is InChI=1S/C20H24N4O2/c1-15-4-2-5-17(12-15)23-20(26)19(25)22-13-16-7-10-24(11-8-16)18-6-3-9-21-14-18/h2-6,9,12,14,16H,7-8,10-11,13H2,1H3,(H,22,25)(H,23,26). The molecule has 26 heavy (non-hydrogen) atoms. The van der Waals surface area contributed by atoms with Gasteiger partial charge < -0.3 is 15.5 Å². The predicted octanol–water partition coefficient (Wildman–Crippen LogP) is 2.36. The Morgan fingerprint density at radius 3 is 2.65 bits per heavy atom. The summed E-state index contributed by atoms with van der Waals surface area (Å²) < 4.78 is 0. The summed E-state index contributed by atoms with van der Waals surface area (Å²) in [5.74, 6) is -0.816. The zero-order valence-corrected chi connectivity index (χ0v) is 14.9. The Kier molecular flexibility index (Phi) is 5.84. The lowest BCUT2D eigenvalue weighted by Gasteiger charge is -2.33. The number of benzene rings is 1. The molecule has 3 rings (SSSR count). The first-order valence-electron chi connectivity index (χ1n) is 8.92. The van der Waals surface area contributed by atoms with Crippen molar-refractivity contribution in [2.24, 2.45) is 5.92 Å². The number of amides is 2. The fourth-order valence-corrected chi connectivity index (χ4v) is 3.16. The second kappa shape index (κ2) is 8.47. The Bertz CT molecular complexity index is 755. The van der Waals surface area contributed by atoms with Gasteiger partial charge in [0.15, 0.2) is 0 Å². The van der Waals surface area contributed by atoms with Crippen LogP contribution in [-0.4, -0.2) is 36.4 Å². The van der Waals surface area contributed by atoms with Gasteiger partial charge in [-0.3, -0.25) is 14.6 Å². The maximum atomic E-state index is 12.0. The number of nitrogens with one attached hydrogen (secondary N) is 2. The highest BCUT2D eigenvalue weighted by Gasteiger charge is 2.21. The molecular weight excluding hydrogens is 328 g/mol. The Labute approximate surface area is 153 Å². The number of hydrogen-bond donors (Lipinski definition) is 2. The highest BCUT2D eigenvalue weighted by molar-refractivity contribution is 6.39. The number of carbonyl (C=O) groups is 2. The molecule has 2 aromatic rings. The van der Waals surface area contributed by atoms with Gasteiger partial charge in [0.05, 0.1) is 11.9 Å². The molecule has 2 N–H and O–H groups in total. The molecule has 0 bridgehead atoms. The lowest BCUT2D eigenvalue weighted by Crippen LogP contribution is -2.41. The second-order valence-electron chi connectivity index (χ2n) is 6.68. The SMILES string of the molecule is Cc1cccc(NC(=O)C(=O)NCC2CCN(c3cccnc3)CC2)c1. The predicted molar refractivity (Wildman–Crippen MR) is 102 cm³/mol. The first kappa shape index (κ1) is 17.9. The third-order valence-corrected chi connectivity index (χ3v) is 4.66.